The van der Waals surface area contributed by atoms with Gasteiger partial charge >= 0.3 is 0 Å². The Labute approximate surface area is 106 Å². The third-order valence-electron chi connectivity index (χ3n) is 2.99. The quantitative estimate of drug-likeness (QED) is 0.901. The molecule has 0 amide bonds. The molecule has 2 N–H and O–H groups in total. The highest BCUT2D eigenvalue weighted by Gasteiger charge is 2.11. The summed E-state index contributed by atoms with van der Waals surface area (Å²) in [7, 11) is 1.62. The van der Waals surface area contributed by atoms with Gasteiger partial charge in [0.25, 0.3) is 0 Å². The first-order chi connectivity index (χ1) is 8.61. The number of nitrogens with two attached hydrogens (primary N) is 1. The van der Waals surface area contributed by atoms with Crippen LogP contribution in [-0.2, 0) is 0 Å². The first-order valence-corrected chi connectivity index (χ1v) is 5.77. The predicted molar refractivity (Wildman–Crippen MR) is 70.2 cm³/mol. The molecular formula is C15H16FNO. The van der Waals surface area contributed by atoms with Gasteiger partial charge in [-0.2, -0.15) is 0 Å². The Balaban J connectivity index is 2.34. The van der Waals surface area contributed by atoms with Crippen LogP contribution in [0.2, 0.25) is 0 Å². The zero-order valence-corrected chi connectivity index (χ0v) is 10.5. The van der Waals surface area contributed by atoms with Crippen LogP contribution in [0.5, 0.6) is 5.75 Å². The van der Waals surface area contributed by atoms with Gasteiger partial charge in [0.15, 0.2) is 0 Å². The maximum atomic E-state index is 13.2. The Hall–Kier alpha value is -1.87. The number of ether oxygens (including phenoxy) is 1. The number of benzene rings is 2. The summed E-state index contributed by atoms with van der Waals surface area (Å²) in [6, 6.07) is 12.3. The topological polar surface area (TPSA) is 35.2 Å². The number of aryl methyl sites for hydroxylation is 1. The van der Waals surface area contributed by atoms with Crippen LogP contribution in [-0.4, -0.2) is 7.11 Å². The summed E-state index contributed by atoms with van der Waals surface area (Å²) in [5, 5.41) is 0. The number of halogens is 1. The molecule has 0 heterocycles. The van der Waals surface area contributed by atoms with E-state index in [1.54, 1.807) is 26.2 Å². The van der Waals surface area contributed by atoms with E-state index in [2.05, 4.69) is 0 Å². The van der Waals surface area contributed by atoms with E-state index in [4.69, 9.17) is 10.5 Å². The van der Waals surface area contributed by atoms with Gasteiger partial charge < -0.3 is 10.5 Å². The van der Waals surface area contributed by atoms with Crippen molar-refractivity contribution in [1.29, 1.82) is 0 Å². The SMILES string of the molecule is COc1cccc(C(N)c2ccc(F)c(C)c2)c1. The van der Waals surface area contributed by atoms with E-state index >= 15 is 0 Å². The maximum Gasteiger partial charge on any atom is 0.126 e. The molecule has 0 aliphatic carbocycles. The van der Waals surface area contributed by atoms with Crippen molar-refractivity contribution in [2.24, 2.45) is 5.73 Å². The molecule has 0 aromatic heterocycles. The minimum absolute atomic E-state index is 0.211. The minimum Gasteiger partial charge on any atom is -0.497 e. The van der Waals surface area contributed by atoms with Gasteiger partial charge in [-0.15, -0.1) is 0 Å². The zero-order chi connectivity index (χ0) is 13.1. The maximum absolute atomic E-state index is 13.2. The molecule has 0 radical (unpaired) electrons. The summed E-state index contributed by atoms with van der Waals surface area (Å²) in [4.78, 5) is 0. The van der Waals surface area contributed by atoms with Crippen molar-refractivity contribution in [2.45, 2.75) is 13.0 Å². The molecule has 0 spiro atoms. The van der Waals surface area contributed by atoms with Gasteiger partial charge in [0.05, 0.1) is 13.2 Å². The highest BCUT2D eigenvalue weighted by atomic mass is 19.1. The van der Waals surface area contributed by atoms with Gasteiger partial charge in [-0.3, -0.25) is 0 Å². The third kappa shape index (κ3) is 2.51. The molecule has 0 aliphatic rings. The molecule has 18 heavy (non-hydrogen) atoms. The Kier molecular flexibility index (Phi) is 3.63. The molecule has 0 fully saturated rings. The summed E-state index contributed by atoms with van der Waals surface area (Å²) in [6.07, 6.45) is 0. The van der Waals surface area contributed by atoms with Crippen LogP contribution in [0.15, 0.2) is 42.5 Å². The van der Waals surface area contributed by atoms with E-state index in [-0.39, 0.29) is 11.9 Å². The lowest BCUT2D eigenvalue weighted by Crippen LogP contribution is -2.12. The molecular weight excluding hydrogens is 229 g/mol. The van der Waals surface area contributed by atoms with Crippen molar-refractivity contribution >= 4 is 0 Å². The standard InChI is InChI=1S/C15H16FNO/c1-10-8-12(6-7-14(10)16)15(17)11-4-3-5-13(9-11)18-2/h3-9,15H,17H2,1-2H3. The van der Waals surface area contributed by atoms with E-state index in [9.17, 15) is 4.39 Å². The normalized spacial score (nSPS) is 12.2. The second-order valence-corrected chi connectivity index (χ2v) is 4.26. The van der Waals surface area contributed by atoms with Gasteiger partial charge in [0, 0.05) is 0 Å². The van der Waals surface area contributed by atoms with Crippen molar-refractivity contribution in [2.75, 3.05) is 7.11 Å². The molecule has 2 aromatic rings. The Morgan fingerprint density at radius 2 is 1.83 bits per heavy atom. The summed E-state index contributed by atoms with van der Waals surface area (Å²) in [6.45, 7) is 1.73. The molecule has 0 saturated carbocycles. The van der Waals surface area contributed by atoms with Gasteiger partial charge in [-0.25, -0.2) is 4.39 Å². The van der Waals surface area contributed by atoms with Crippen molar-refractivity contribution < 1.29 is 9.13 Å². The Morgan fingerprint density at radius 3 is 2.50 bits per heavy atom. The monoisotopic (exact) mass is 245 g/mol. The lowest BCUT2D eigenvalue weighted by molar-refractivity contribution is 0.414. The third-order valence-corrected chi connectivity index (χ3v) is 2.99. The van der Waals surface area contributed by atoms with E-state index in [1.165, 1.54) is 6.07 Å². The fraction of sp³-hybridized carbons (Fsp3) is 0.200. The van der Waals surface area contributed by atoms with E-state index in [0.717, 1.165) is 16.9 Å². The van der Waals surface area contributed by atoms with Crippen LogP contribution in [0.4, 0.5) is 4.39 Å². The van der Waals surface area contributed by atoms with Crippen LogP contribution in [0.1, 0.15) is 22.7 Å². The average Bonchev–Trinajstić information content (AvgIpc) is 2.41. The zero-order valence-electron chi connectivity index (χ0n) is 10.5. The Morgan fingerprint density at radius 1 is 1.11 bits per heavy atom. The second kappa shape index (κ2) is 5.19. The molecule has 2 nitrogen and oxygen atoms in total. The molecule has 1 unspecified atom stereocenters. The van der Waals surface area contributed by atoms with Gasteiger partial charge in [-0.1, -0.05) is 24.3 Å². The summed E-state index contributed by atoms with van der Waals surface area (Å²) >= 11 is 0. The van der Waals surface area contributed by atoms with E-state index in [0.29, 0.717) is 5.56 Å². The summed E-state index contributed by atoms with van der Waals surface area (Å²) < 4.78 is 18.4. The largest absolute Gasteiger partial charge is 0.497 e. The molecule has 0 bridgehead atoms. The fourth-order valence-electron chi connectivity index (χ4n) is 1.89. The highest BCUT2D eigenvalue weighted by molar-refractivity contribution is 5.37. The molecule has 2 rings (SSSR count). The van der Waals surface area contributed by atoms with Gasteiger partial charge in [-0.05, 0) is 41.8 Å². The Bertz CT molecular complexity index is 554. The average molecular weight is 245 g/mol. The molecule has 1 atom stereocenters. The molecule has 94 valence electrons. The van der Waals surface area contributed by atoms with Crippen molar-refractivity contribution in [3.05, 3.63) is 65.0 Å². The first kappa shape index (κ1) is 12.6. The molecule has 2 aromatic carbocycles. The summed E-state index contributed by atoms with van der Waals surface area (Å²) in [5.41, 5.74) is 8.62. The van der Waals surface area contributed by atoms with Crippen molar-refractivity contribution in [3.8, 4) is 5.75 Å². The molecule has 0 saturated heterocycles. The lowest BCUT2D eigenvalue weighted by atomic mass is 9.98. The van der Waals surface area contributed by atoms with E-state index < -0.39 is 0 Å². The lowest BCUT2D eigenvalue weighted by Gasteiger charge is -2.14. The first-order valence-electron chi connectivity index (χ1n) is 5.77. The van der Waals surface area contributed by atoms with Crippen LogP contribution >= 0.6 is 0 Å². The van der Waals surface area contributed by atoms with Crippen LogP contribution < -0.4 is 10.5 Å². The second-order valence-electron chi connectivity index (χ2n) is 4.26. The van der Waals surface area contributed by atoms with Crippen LogP contribution in [0.25, 0.3) is 0 Å². The number of rotatable bonds is 3. The van der Waals surface area contributed by atoms with Crippen LogP contribution in [0, 0.1) is 12.7 Å². The van der Waals surface area contributed by atoms with Crippen molar-refractivity contribution in [3.63, 3.8) is 0 Å². The van der Waals surface area contributed by atoms with Gasteiger partial charge in [0.2, 0.25) is 0 Å². The van der Waals surface area contributed by atoms with E-state index in [1.807, 2.05) is 24.3 Å². The molecule has 0 aliphatic heterocycles. The minimum atomic E-state index is -0.278. The smallest absolute Gasteiger partial charge is 0.126 e. The summed E-state index contributed by atoms with van der Waals surface area (Å²) in [5.74, 6) is 0.554. The number of hydrogen-bond acceptors (Lipinski definition) is 2. The van der Waals surface area contributed by atoms with Crippen molar-refractivity contribution in [1.82, 2.24) is 0 Å². The predicted octanol–water partition coefficient (Wildman–Crippen LogP) is 3.19. The molecule has 3 heteroatoms. The number of methoxy groups -OCH3 is 1. The highest BCUT2D eigenvalue weighted by Crippen LogP contribution is 2.24. The fourth-order valence-corrected chi connectivity index (χ4v) is 1.89. The van der Waals surface area contributed by atoms with Crippen LogP contribution in [0.3, 0.4) is 0 Å². The number of hydrogen-bond donors (Lipinski definition) is 1. The van der Waals surface area contributed by atoms with Gasteiger partial charge in [0.1, 0.15) is 11.6 Å².